The molecule has 0 unspecified atom stereocenters. The van der Waals surface area contributed by atoms with E-state index in [1.54, 1.807) is 11.1 Å². The van der Waals surface area contributed by atoms with Crippen molar-refractivity contribution in [2.75, 3.05) is 0 Å². The molecule has 0 bridgehead atoms. The van der Waals surface area contributed by atoms with E-state index in [0.717, 1.165) is 0 Å². The van der Waals surface area contributed by atoms with Gasteiger partial charge in [0.25, 0.3) is 0 Å². The number of halogens is 2. The molecule has 120 valence electrons. The average molecular weight is 425 g/mol. The SMILES string of the molecule is C[CH2][Zr]([CH3])(=[SiH2])([C]1=CC(C)=C(C)C1)[C]1=CC(C)=C(C)C1.Cl.Cl. The third kappa shape index (κ3) is 3.60. The van der Waals surface area contributed by atoms with Crippen LogP contribution in [0.1, 0.15) is 47.5 Å². The molecule has 0 spiro atoms. The molecule has 0 saturated heterocycles. The summed E-state index contributed by atoms with van der Waals surface area (Å²) >= 11 is -2.86. The van der Waals surface area contributed by atoms with Crippen LogP contribution in [0.15, 0.2) is 41.0 Å². The summed E-state index contributed by atoms with van der Waals surface area (Å²) in [6, 6.07) is 0. The predicted molar refractivity (Wildman–Crippen MR) is 102 cm³/mol. The molecule has 0 aromatic heterocycles. The second kappa shape index (κ2) is 7.04. The maximum absolute atomic E-state index is 2.86. The normalized spacial score (nSPS) is 19.2. The van der Waals surface area contributed by atoms with Crippen molar-refractivity contribution in [1.82, 2.24) is 0 Å². The summed E-state index contributed by atoms with van der Waals surface area (Å²) in [5.74, 6) is 0. The first-order valence-electron chi connectivity index (χ1n) is 7.48. The van der Waals surface area contributed by atoms with E-state index in [2.05, 4.69) is 58.3 Å². The van der Waals surface area contributed by atoms with Crippen LogP contribution in [0.5, 0.6) is 0 Å². The van der Waals surface area contributed by atoms with Gasteiger partial charge in [0.1, 0.15) is 0 Å². The molecule has 0 saturated carbocycles. The smallest absolute Gasteiger partial charge is 0.147 e. The van der Waals surface area contributed by atoms with Crippen molar-refractivity contribution in [2.45, 2.75) is 56.2 Å². The molecule has 0 radical (unpaired) electrons. The van der Waals surface area contributed by atoms with Gasteiger partial charge in [-0.2, -0.15) is 0 Å². The summed E-state index contributed by atoms with van der Waals surface area (Å²) in [4.78, 5) is 0. The van der Waals surface area contributed by atoms with E-state index in [1.165, 1.54) is 28.1 Å². The third-order valence-corrected chi connectivity index (χ3v) is 29.7. The Bertz CT molecular complexity index is 587. The summed E-state index contributed by atoms with van der Waals surface area (Å²) in [5, 5.41) is 0. The van der Waals surface area contributed by atoms with Crippen LogP contribution in [0.3, 0.4) is 0 Å². The Morgan fingerprint density at radius 3 is 1.43 bits per heavy atom. The number of hydrogen-bond acceptors (Lipinski definition) is 0. The minimum Gasteiger partial charge on any atom is -0.147 e. The van der Waals surface area contributed by atoms with Crippen LogP contribution in [0, 0.1) is 0 Å². The molecular formula is C17H30Cl2SiZr. The second-order valence-electron chi connectivity index (χ2n) is 7.26. The summed E-state index contributed by atoms with van der Waals surface area (Å²) in [6.45, 7) is 14.0. The van der Waals surface area contributed by atoms with Crippen molar-refractivity contribution in [3.8, 4) is 0 Å². The van der Waals surface area contributed by atoms with Gasteiger partial charge in [0.2, 0.25) is 0 Å². The van der Waals surface area contributed by atoms with Gasteiger partial charge in [-0.1, -0.05) is 0 Å². The average Bonchev–Trinajstić information content (AvgIpc) is 2.86. The van der Waals surface area contributed by atoms with Crippen molar-refractivity contribution in [3.63, 3.8) is 0 Å². The number of rotatable bonds is 3. The predicted octanol–water partition coefficient (Wildman–Crippen LogP) is 5.80. The second-order valence-corrected chi connectivity index (χ2v) is 34.7. The monoisotopic (exact) mass is 422 g/mol. The van der Waals surface area contributed by atoms with Gasteiger partial charge in [0, 0.05) is 0 Å². The van der Waals surface area contributed by atoms with E-state index in [0.29, 0.717) is 0 Å². The zero-order valence-corrected chi connectivity index (χ0v) is 19.8. The van der Waals surface area contributed by atoms with Gasteiger partial charge in [0.15, 0.2) is 0 Å². The first-order valence-corrected chi connectivity index (χ1v) is 20.1. The van der Waals surface area contributed by atoms with Crippen molar-refractivity contribution in [2.24, 2.45) is 0 Å². The number of hydrogen-bond donors (Lipinski definition) is 0. The molecule has 0 aromatic carbocycles. The largest absolute Gasteiger partial charge is 0.147 e. The molecule has 0 atom stereocenters. The molecule has 0 aliphatic heterocycles. The van der Waals surface area contributed by atoms with Crippen LogP contribution in [0.4, 0.5) is 0 Å². The maximum atomic E-state index is 2.68. The van der Waals surface area contributed by atoms with Gasteiger partial charge in [-0.15, -0.1) is 24.8 Å². The standard InChI is InChI=1S/2C7H9.C2H5.CH3.2ClH.H2Si.Zr/c2*1-6-4-3-5-7(6)2;1-2;;;;;/h2*4H,5H2,1-2H3;1H2,2H3;1H3;2*1H;1H2;. The van der Waals surface area contributed by atoms with Crippen LogP contribution in [-0.2, 0) is 17.4 Å². The van der Waals surface area contributed by atoms with Crippen LogP contribution in [0.2, 0.25) is 8.76 Å². The summed E-state index contributed by atoms with van der Waals surface area (Å²) in [5.41, 5.74) is 6.24. The Balaban J connectivity index is 0.00000200. The Kier molecular flexibility index (Phi) is 7.25. The van der Waals surface area contributed by atoms with E-state index in [-0.39, 0.29) is 24.8 Å². The minimum atomic E-state index is -2.86. The maximum Gasteiger partial charge on any atom is -0.147 e. The molecule has 0 fully saturated rings. The van der Waals surface area contributed by atoms with Crippen molar-refractivity contribution in [1.29, 1.82) is 0 Å². The van der Waals surface area contributed by atoms with Gasteiger partial charge in [-0.25, -0.2) is 0 Å². The molecule has 21 heavy (non-hydrogen) atoms. The molecule has 2 rings (SSSR count). The van der Waals surface area contributed by atoms with E-state index < -0.39 is 17.4 Å². The van der Waals surface area contributed by atoms with Crippen molar-refractivity contribution < 1.29 is 17.4 Å². The number of allylic oxidation sites excluding steroid dienone is 8. The minimum absolute atomic E-state index is 0. The Morgan fingerprint density at radius 1 is 0.905 bits per heavy atom. The first-order chi connectivity index (χ1) is 8.68. The van der Waals surface area contributed by atoms with E-state index in [1.807, 2.05) is 6.56 Å². The molecule has 0 amide bonds. The quantitative estimate of drug-likeness (QED) is 0.502. The zero-order valence-electron chi connectivity index (χ0n) is 14.3. The molecule has 0 heterocycles. The van der Waals surface area contributed by atoms with Crippen LogP contribution >= 0.6 is 24.8 Å². The molecule has 4 heteroatoms. The van der Waals surface area contributed by atoms with E-state index in [4.69, 9.17) is 0 Å². The molecule has 0 aromatic rings. The van der Waals surface area contributed by atoms with E-state index >= 15 is 0 Å². The molecule has 0 N–H and O–H groups in total. The third-order valence-electron chi connectivity index (χ3n) is 5.87. The zero-order chi connectivity index (χ0) is 14.4. The van der Waals surface area contributed by atoms with Crippen LogP contribution in [0.25, 0.3) is 0 Å². The molecule has 2 aliphatic rings. The fraction of sp³-hybridized carbons (Fsp3) is 0.529. The van der Waals surface area contributed by atoms with Crippen molar-refractivity contribution in [3.05, 3.63) is 41.0 Å². The fourth-order valence-electron chi connectivity index (χ4n) is 3.32. The summed E-state index contributed by atoms with van der Waals surface area (Å²) in [6.07, 6.45) is 7.59. The molecular weight excluding hydrogens is 394 g/mol. The summed E-state index contributed by atoms with van der Waals surface area (Å²) < 4.78 is 7.71. The Labute approximate surface area is 145 Å². The van der Waals surface area contributed by atoms with Crippen molar-refractivity contribution >= 4 is 31.7 Å². The van der Waals surface area contributed by atoms with E-state index in [9.17, 15) is 0 Å². The van der Waals surface area contributed by atoms with Crippen LogP contribution in [-0.4, -0.2) is 6.88 Å². The van der Waals surface area contributed by atoms with Gasteiger partial charge >= 0.3 is 122 Å². The topological polar surface area (TPSA) is 0 Å². The molecule has 0 nitrogen and oxygen atoms in total. The Hall–Kier alpha value is 0.640. The fourth-order valence-corrected chi connectivity index (χ4v) is 16.2. The van der Waals surface area contributed by atoms with Crippen LogP contribution < -0.4 is 0 Å². The van der Waals surface area contributed by atoms with Gasteiger partial charge in [0.05, 0.1) is 0 Å². The first kappa shape index (κ1) is 21.6. The van der Waals surface area contributed by atoms with Gasteiger partial charge in [-0.3, -0.25) is 0 Å². The Morgan fingerprint density at radius 2 is 1.24 bits per heavy atom. The summed E-state index contributed by atoms with van der Waals surface area (Å²) in [7, 11) is 0. The van der Waals surface area contributed by atoms with Gasteiger partial charge in [-0.05, 0) is 0 Å². The molecule has 2 aliphatic carbocycles. The van der Waals surface area contributed by atoms with Gasteiger partial charge < -0.3 is 0 Å².